The first-order valence-corrected chi connectivity index (χ1v) is 12.9. The summed E-state index contributed by atoms with van der Waals surface area (Å²) in [5, 5.41) is 10.6. The zero-order valence-electron chi connectivity index (χ0n) is 20.5. The Morgan fingerprint density at radius 2 is 1.97 bits per heavy atom. The molecule has 3 aromatic carbocycles. The summed E-state index contributed by atoms with van der Waals surface area (Å²) in [5.41, 5.74) is 7.65. The number of nitrogens with zero attached hydrogens (tertiary/aromatic N) is 1. The van der Waals surface area contributed by atoms with E-state index in [0.29, 0.717) is 17.4 Å². The second kappa shape index (κ2) is 11.6. The molecule has 0 aliphatic heterocycles. The van der Waals surface area contributed by atoms with Gasteiger partial charge in [0.2, 0.25) is 0 Å². The van der Waals surface area contributed by atoms with Crippen molar-refractivity contribution in [3.8, 4) is 5.75 Å². The molecule has 1 amide bonds. The fourth-order valence-electron chi connectivity index (χ4n) is 5.17. The molecule has 0 saturated heterocycles. The average Bonchev–Trinajstić information content (AvgIpc) is 3.54. The molecule has 0 fully saturated rings. The normalized spacial score (nSPS) is 14.9. The van der Waals surface area contributed by atoms with E-state index in [1.165, 1.54) is 28.2 Å². The van der Waals surface area contributed by atoms with E-state index in [9.17, 15) is 4.79 Å². The number of hydrogen-bond donors (Lipinski definition) is 3. The predicted molar refractivity (Wildman–Crippen MR) is 147 cm³/mol. The van der Waals surface area contributed by atoms with Gasteiger partial charge in [0.15, 0.2) is 0 Å². The third kappa shape index (κ3) is 5.88. The van der Waals surface area contributed by atoms with Crippen LogP contribution >= 0.6 is 11.6 Å². The first kappa shape index (κ1) is 25.1. The van der Waals surface area contributed by atoms with Gasteiger partial charge in [0.1, 0.15) is 12.4 Å². The molecule has 1 aromatic heterocycles. The Bertz CT molecular complexity index is 1410. The SMILES string of the molecule is O=C(/C=C/c1ccc2c(c1)CCC2N(CCOc1ccccc1Cl)CCc1c[nH]c2ccccc12)NO. The molecule has 6 nitrogen and oxygen atoms in total. The number of hydrogen-bond acceptors (Lipinski definition) is 4. The lowest BCUT2D eigenvalue weighted by molar-refractivity contribution is -0.124. The van der Waals surface area contributed by atoms with Gasteiger partial charge in [-0.1, -0.05) is 60.1 Å². The molecule has 7 heteroatoms. The lowest BCUT2D eigenvalue weighted by Crippen LogP contribution is -2.33. The summed E-state index contributed by atoms with van der Waals surface area (Å²) >= 11 is 6.30. The Balaban J connectivity index is 1.33. The molecule has 3 N–H and O–H groups in total. The van der Waals surface area contributed by atoms with Gasteiger partial charge in [-0.05, 0) is 65.8 Å². The summed E-state index contributed by atoms with van der Waals surface area (Å²) in [6, 6.07) is 22.6. The molecule has 0 bridgehead atoms. The number of rotatable bonds is 10. The highest BCUT2D eigenvalue weighted by atomic mass is 35.5. The maximum absolute atomic E-state index is 11.4. The zero-order chi connectivity index (χ0) is 25.6. The Morgan fingerprint density at radius 1 is 1.14 bits per heavy atom. The zero-order valence-corrected chi connectivity index (χ0v) is 21.2. The van der Waals surface area contributed by atoms with E-state index in [-0.39, 0.29) is 6.04 Å². The van der Waals surface area contributed by atoms with E-state index in [4.69, 9.17) is 21.5 Å². The topological polar surface area (TPSA) is 77.6 Å². The molecule has 37 heavy (non-hydrogen) atoms. The second-order valence-electron chi connectivity index (χ2n) is 9.25. The summed E-state index contributed by atoms with van der Waals surface area (Å²) < 4.78 is 6.06. The van der Waals surface area contributed by atoms with Crippen LogP contribution < -0.4 is 10.2 Å². The van der Waals surface area contributed by atoms with Gasteiger partial charge in [-0.25, -0.2) is 5.48 Å². The summed E-state index contributed by atoms with van der Waals surface area (Å²) in [6.07, 6.45) is 8.09. The van der Waals surface area contributed by atoms with Crippen LogP contribution in [-0.4, -0.2) is 40.7 Å². The summed E-state index contributed by atoms with van der Waals surface area (Å²) in [4.78, 5) is 17.3. The summed E-state index contributed by atoms with van der Waals surface area (Å²) in [6.45, 7) is 2.21. The van der Waals surface area contributed by atoms with Crippen molar-refractivity contribution in [1.29, 1.82) is 0 Å². The molecule has 190 valence electrons. The van der Waals surface area contributed by atoms with Gasteiger partial charge >= 0.3 is 0 Å². The smallest absolute Gasteiger partial charge is 0.267 e. The van der Waals surface area contributed by atoms with Crippen LogP contribution in [0.25, 0.3) is 17.0 Å². The number of amides is 1. The second-order valence-corrected chi connectivity index (χ2v) is 9.65. The lowest BCUT2D eigenvalue weighted by atomic mass is 10.0. The van der Waals surface area contributed by atoms with Gasteiger partial charge in [-0.15, -0.1) is 0 Å². The van der Waals surface area contributed by atoms with E-state index >= 15 is 0 Å². The Morgan fingerprint density at radius 3 is 2.84 bits per heavy atom. The standard InChI is InChI=1S/C30H30ClN3O3/c31-26-6-2-4-8-29(26)37-18-17-34(16-15-23-20-32-27-7-3-1-5-24(23)27)28-13-11-22-19-21(9-12-25(22)28)10-14-30(35)33-36/h1-10,12,14,19-20,28,32,36H,11,13,15-18H2,(H,33,35)/b14-10+. The van der Waals surface area contributed by atoms with Crippen LogP contribution in [0.1, 0.15) is 34.7 Å². The molecule has 1 atom stereocenters. The minimum absolute atomic E-state index is 0.286. The quantitative estimate of drug-likeness (QED) is 0.138. The number of nitrogens with one attached hydrogen (secondary N) is 2. The monoisotopic (exact) mass is 515 g/mol. The first-order chi connectivity index (χ1) is 18.1. The highest BCUT2D eigenvalue weighted by Crippen LogP contribution is 2.37. The van der Waals surface area contributed by atoms with Gasteiger partial charge in [-0.2, -0.15) is 0 Å². The number of aryl methyl sites for hydroxylation is 1. The van der Waals surface area contributed by atoms with E-state index in [1.807, 2.05) is 30.3 Å². The van der Waals surface area contributed by atoms with Gasteiger partial charge in [0.25, 0.3) is 5.91 Å². The average molecular weight is 516 g/mol. The van der Waals surface area contributed by atoms with Crippen LogP contribution in [-0.2, 0) is 17.6 Å². The number of carbonyl (C=O) groups is 1. The number of H-pyrrole nitrogens is 1. The number of ether oxygens (including phenoxy) is 1. The van der Waals surface area contributed by atoms with Gasteiger partial charge < -0.3 is 9.72 Å². The fraction of sp³-hybridized carbons (Fsp3) is 0.233. The van der Waals surface area contributed by atoms with Crippen molar-refractivity contribution in [3.05, 3.63) is 106 Å². The van der Waals surface area contributed by atoms with Crippen LogP contribution in [0, 0.1) is 0 Å². The van der Waals surface area contributed by atoms with Gasteiger partial charge in [-0.3, -0.25) is 14.9 Å². The molecular formula is C30H30ClN3O3. The highest BCUT2D eigenvalue weighted by molar-refractivity contribution is 6.32. The van der Waals surface area contributed by atoms with Crippen LogP contribution in [0.2, 0.25) is 5.02 Å². The van der Waals surface area contributed by atoms with Gasteiger partial charge in [0.05, 0.1) is 5.02 Å². The van der Waals surface area contributed by atoms with Crippen molar-refractivity contribution in [2.75, 3.05) is 19.7 Å². The van der Waals surface area contributed by atoms with Gasteiger partial charge in [0, 0.05) is 42.3 Å². The molecule has 1 heterocycles. The largest absolute Gasteiger partial charge is 0.491 e. The fourth-order valence-corrected chi connectivity index (χ4v) is 5.36. The van der Waals surface area contributed by atoms with Crippen molar-refractivity contribution in [3.63, 3.8) is 0 Å². The molecule has 0 saturated carbocycles. The molecule has 1 aliphatic rings. The maximum Gasteiger partial charge on any atom is 0.267 e. The first-order valence-electron chi connectivity index (χ1n) is 12.5. The molecule has 0 spiro atoms. The third-order valence-corrected chi connectivity index (χ3v) is 7.32. The number of aromatic amines is 1. The van der Waals surface area contributed by atoms with Crippen LogP contribution in [0.4, 0.5) is 0 Å². The number of fused-ring (bicyclic) bond motifs is 2. The summed E-state index contributed by atoms with van der Waals surface area (Å²) in [5.74, 6) is 0.163. The van der Waals surface area contributed by atoms with Crippen molar-refractivity contribution < 1.29 is 14.7 Å². The number of carbonyl (C=O) groups excluding carboxylic acids is 1. The van der Waals surface area contributed by atoms with Crippen molar-refractivity contribution in [2.45, 2.75) is 25.3 Å². The molecule has 1 unspecified atom stereocenters. The summed E-state index contributed by atoms with van der Waals surface area (Å²) in [7, 11) is 0. The van der Waals surface area contributed by atoms with E-state index < -0.39 is 5.91 Å². The number of para-hydroxylation sites is 2. The van der Waals surface area contributed by atoms with Crippen molar-refractivity contribution in [1.82, 2.24) is 15.4 Å². The minimum Gasteiger partial charge on any atom is -0.491 e. The lowest BCUT2D eigenvalue weighted by Gasteiger charge is -2.30. The number of aromatic nitrogens is 1. The maximum atomic E-state index is 11.4. The molecule has 5 rings (SSSR count). The van der Waals surface area contributed by atoms with Crippen LogP contribution in [0.3, 0.4) is 0 Å². The number of hydroxylamine groups is 1. The van der Waals surface area contributed by atoms with Crippen LogP contribution in [0.15, 0.2) is 79.0 Å². The van der Waals surface area contributed by atoms with Crippen LogP contribution in [0.5, 0.6) is 5.75 Å². The minimum atomic E-state index is -0.541. The molecule has 4 aromatic rings. The van der Waals surface area contributed by atoms with E-state index in [1.54, 1.807) is 11.6 Å². The molecular weight excluding hydrogens is 486 g/mol. The predicted octanol–water partition coefficient (Wildman–Crippen LogP) is 5.95. The Labute approximate surface area is 221 Å². The van der Waals surface area contributed by atoms with E-state index in [2.05, 4.69) is 52.5 Å². The number of halogens is 1. The highest BCUT2D eigenvalue weighted by Gasteiger charge is 2.28. The van der Waals surface area contributed by atoms with Crippen molar-refractivity contribution >= 4 is 34.5 Å². The van der Waals surface area contributed by atoms with Crippen molar-refractivity contribution in [2.24, 2.45) is 0 Å². The molecule has 0 radical (unpaired) electrons. The Hall–Kier alpha value is -3.58. The third-order valence-electron chi connectivity index (χ3n) is 7.01. The number of benzene rings is 3. The van der Waals surface area contributed by atoms with E-state index in [0.717, 1.165) is 43.4 Å². The Kier molecular flexibility index (Phi) is 7.90. The molecule has 1 aliphatic carbocycles.